The van der Waals surface area contributed by atoms with E-state index in [2.05, 4.69) is 29.6 Å². The minimum absolute atomic E-state index is 0.149. The van der Waals surface area contributed by atoms with Gasteiger partial charge in [-0.2, -0.15) is 10.4 Å². The fraction of sp³-hybridized carbons (Fsp3) is 0.389. The van der Waals surface area contributed by atoms with Crippen LogP contribution < -0.4 is 5.56 Å². The molecule has 2 aromatic heterocycles. The molecule has 3 rings (SSSR count). The van der Waals surface area contributed by atoms with Crippen molar-refractivity contribution in [3.05, 3.63) is 56.3 Å². The van der Waals surface area contributed by atoms with Crippen LogP contribution in [0.15, 0.2) is 22.0 Å². The van der Waals surface area contributed by atoms with Crippen molar-refractivity contribution in [2.45, 2.75) is 46.6 Å². The van der Waals surface area contributed by atoms with Gasteiger partial charge in [0, 0.05) is 28.7 Å². The number of aryl methyl sites for hydroxylation is 3. The first-order valence-electron chi connectivity index (χ1n) is 7.80. The number of rotatable bonds is 3. The van der Waals surface area contributed by atoms with Gasteiger partial charge in [0.15, 0.2) is 0 Å². The van der Waals surface area contributed by atoms with E-state index in [0.29, 0.717) is 11.6 Å². The Labute approximate surface area is 135 Å². The summed E-state index contributed by atoms with van der Waals surface area (Å²) in [6.45, 7) is 7.77. The molecule has 0 spiro atoms. The quantitative estimate of drug-likeness (QED) is 0.818. The Hall–Kier alpha value is -2.61. The highest BCUT2D eigenvalue weighted by Crippen LogP contribution is 2.38. The van der Waals surface area contributed by atoms with Gasteiger partial charge in [0.05, 0.1) is 6.21 Å². The van der Waals surface area contributed by atoms with Gasteiger partial charge >= 0.3 is 0 Å². The smallest absolute Gasteiger partial charge is 0.289 e. The summed E-state index contributed by atoms with van der Waals surface area (Å²) >= 11 is 0. The van der Waals surface area contributed by atoms with Crippen LogP contribution in [0.1, 0.15) is 52.7 Å². The van der Waals surface area contributed by atoms with Gasteiger partial charge in [0.1, 0.15) is 11.6 Å². The van der Waals surface area contributed by atoms with Crippen molar-refractivity contribution in [3.63, 3.8) is 0 Å². The molecule has 2 heterocycles. The minimum atomic E-state index is -0.364. The van der Waals surface area contributed by atoms with E-state index in [1.54, 1.807) is 13.1 Å². The van der Waals surface area contributed by atoms with E-state index < -0.39 is 0 Å². The van der Waals surface area contributed by atoms with Crippen LogP contribution in [-0.4, -0.2) is 15.5 Å². The molecule has 5 nitrogen and oxygen atoms in total. The van der Waals surface area contributed by atoms with Gasteiger partial charge in [-0.3, -0.25) is 4.79 Å². The van der Waals surface area contributed by atoms with Gasteiger partial charge in [-0.05, 0) is 58.2 Å². The lowest BCUT2D eigenvalue weighted by atomic mass is 10.1. The molecule has 0 amide bonds. The van der Waals surface area contributed by atoms with E-state index in [1.807, 2.05) is 19.1 Å². The van der Waals surface area contributed by atoms with Crippen molar-refractivity contribution in [2.24, 2.45) is 5.10 Å². The molecule has 0 aromatic carbocycles. The van der Waals surface area contributed by atoms with Crippen molar-refractivity contribution in [1.82, 2.24) is 9.24 Å². The zero-order valence-corrected chi connectivity index (χ0v) is 13.9. The monoisotopic (exact) mass is 308 g/mol. The first kappa shape index (κ1) is 15.3. The van der Waals surface area contributed by atoms with Crippen LogP contribution in [0.2, 0.25) is 0 Å². The van der Waals surface area contributed by atoms with Crippen LogP contribution in [0.5, 0.6) is 0 Å². The fourth-order valence-corrected chi connectivity index (χ4v) is 3.11. The second kappa shape index (κ2) is 5.54. The van der Waals surface area contributed by atoms with Crippen LogP contribution >= 0.6 is 0 Å². The fourth-order valence-electron chi connectivity index (χ4n) is 3.11. The van der Waals surface area contributed by atoms with Gasteiger partial charge in [0.25, 0.3) is 5.56 Å². The van der Waals surface area contributed by atoms with E-state index in [-0.39, 0.29) is 11.1 Å². The summed E-state index contributed by atoms with van der Waals surface area (Å²) < 4.78 is 3.64. The van der Waals surface area contributed by atoms with Gasteiger partial charge in [-0.25, -0.2) is 4.68 Å². The molecular formula is C18H20N4O. The highest BCUT2D eigenvalue weighted by molar-refractivity contribution is 5.81. The first-order valence-corrected chi connectivity index (χ1v) is 7.80. The Morgan fingerprint density at radius 3 is 2.52 bits per heavy atom. The number of nitriles is 1. The Bertz CT molecular complexity index is 905. The number of pyridine rings is 1. The maximum atomic E-state index is 12.4. The van der Waals surface area contributed by atoms with Crippen LogP contribution in [-0.2, 0) is 0 Å². The third-order valence-corrected chi connectivity index (χ3v) is 4.42. The molecule has 0 atom stereocenters. The van der Waals surface area contributed by atoms with Crippen LogP contribution in [0.4, 0.5) is 0 Å². The second-order valence-corrected chi connectivity index (χ2v) is 6.24. The maximum Gasteiger partial charge on any atom is 0.289 e. The van der Waals surface area contributed by atoms with E-state index in [4.69, 9.17) is 5.26 Å². The zero-order valence-electron chi connectivity index (χ0n) is 13.9. The Kier molecular flexibility index (Phi) is 3.69. The molecule has 1 aliphatic rings. The molecule has 5 heteroatoms. The molecule has 23 heavy (non-hydrogen) atoms. The van der Waals surface area contributed by atoms with Gasteiger partial charge < -0.3 is 4.57 Å². The van der Waals surface area contributed by atoms with Crippen molar-refractivity contribution in [1.29, 1.82) is 5.26 Å². The molecule has 1 aliphatic carbocycles. The Morgan fingerprint density at radius 2 is 1.91 bits per heavy atom. The molecule has 0 N–H and O–H groups in total. The maximum absolute atomic E-state index is 12.4. The predicted molar refractivity (Wildman–Crippen MR) is 90.1 cm³/mol. The lowest BCUT2D eigenvalue weighted by Gasteiger charge is -2.07. The highest BCUT2D eigenvalue weighted by Gasteiger charge is 2.26. The van der Waals surface area contributed by atoms with Crippen molar-refractivity contribution < 1.29 is 0 Å². The molecule has 118 valence electrons. The molecule has 0 radical (unpaired) electrons. The van der Waals surface area contributed by atoms with E-state index >= 15 is 0 Å². The number of nitrogens with zero attached hydrogens (tertiary/aromatic N) is 4. The van der Waals surface area contributed by atoms with E-state index in [1.165, 1.54) is 28.9 Å². The number of hydrogen-bond donors (Lipinski definition) is 0. The van der Waals surface area contributed by atoms with E-state index in [0.717, 1.165) is 11.3 Å². The molecule has 0 unspecified atom stereocenters. The summed E-state index contributed by atoms with van der Waals surface area (Å²) in [6.07, 6.45) is 4.18. The summed E-state index contributed by atoms with van der Waals surface area (Å²) in [5.41, 5.74) is 4.60. The Balaban J connectivity index is 2.03. The largest absolute Gasteiger partial charge is 0.345 e. The van der Waals surface area contributed by atoms with Crippen LogP contribution in [0.3, 0.4) is 0 Å². The third-order valence-electron chi connectivity index (χ3n) is 4.42. The topological polar surface area (TPSA) is 63.1 Å². The third kappa shape index (κ3) is 2.61. The van der Waals surface area contributed by atoms with Crippen LogP contribution in [0, 0.1) is 39.0 Å². The Morgan fingerprint density at radius 1 is 1.22 bits per heavy atom. The van der Waals surface area contributed by atoms with Crippen LogP contribution in [0.25, 0.3) is 0 Å². The summed E-state index contributed by atoms with van der Waals surface area (Å²) in [5.74, 6) is 0. The van der Waals surface area contributed by atoms with E-state index in [9.17, 15) is 4.79 Å². The van der Waals surface area contributed by atoms with Gasteiger partial charge in [-0.1, -0.05) is 0 Å². The molecule has 0 aliphatic heterocycles. The number of aromatic nitrogens is 2. The lowest BCUT2D eigenvalue weighted by Crippen LogP contribution is -2.22. The lowest BCUT2D eigenvalue weighted by molar-refractivity contribution is 0.699. The molecule has 1 fully saturated rings. The molecule has 0 bridgehead atoms. The minimum Gasteiger partial charge on any atom is -0.345 e. The summed E-state index contributed by atoms with van der Waals surface area (Å²) in [5, 5.41) is 13.5. The summed E-state index contributed by atoms with van der Waals surface area (Å²) in [4.78, 5) is 12.4. The van der Waals surface area contributed by atoms with Gasteiger partial charge in [0.2, 0.25) is 0 Å². The number of hydrogen-bond acceptors (Lipinski definition) is 3. The summed E-state index contributed by atoms with van der Waals surface area (Å²) in [7, 11) is 0. The molecular weight excluding hydrogens is 288 g/mol. The van der Waals surface area contributed by atoms with Gasteiger partial charge in [-0.15, -0.1) is 0 Å². The molecule has 2 aromatic rings. The van der Waals surface area contributed by atoms with Crippen molar-refractivity contribution in [2.75, 3.05) is 0 Å². The second-order valence-electron chi connectivity index (χ2n) is 6.24. The SMILES string of the molecule is Cc1cc(C)n(/N=C\c2cc(C)n(C3CC3)c2C)c(=O)c1C#N. The summed E-state index contributed by atoms with van der Waals surface area (Å²) in [6, 6.07) is 6.49. The average molecular weight is 308 g/mol. The zero-order chi connectivity index (χ0) is 16.7. The molecule has 1 saturated carbocycles. The average Bonchev–Trinajstić information content (AvgIpc) is 3.26. The highest BCUT2D eigenvalue weighted by atomic mass is 16.1. The van der Waals surface area contributed by atoms with Crippen molar-refractivity contribution >= 4 is 6.21 Å². The predicted octanol–water partition coefficient (Wildman–Crippen LogP) is 2.97. The first-order chi connectivity index (χ1) is 10.9. The normalized spacial score (nSPS) is 14.4. The standard InChI is InChI=1S/C18H20N4O/c1-11-7-13(3)22(18(23)17(11)9-19)20-10-15-8-12(2)21(14(15)4)16-5-6-16/h7-8,10,16H,5-6H2,1-4H3/b20-10-. The van der Waals surface area contributed by atoms with Crippen molar-refractivity contribution in [3.8, 4) is 6.07 Å². The molecule has 0 saturated heterocycles.